The van der Waals surface area contributed by atoms with Gasteiger partial charge in [0.15, 0.2) is 5.78 Å². The number of aliphatic hydroxyl groups is 1. The molecule has 0 spiro atoms. The first-order valence-corrected chi connectivity index (χ1v) is 26.4. The first-order valence-electron chi connectivity index (χ1n) is 25.6. The van der Waals surface area contributed by atoms with Crippen LogP contribution in [-0.2, 0) is 45.1 Å². The van der Waals surface area contributed by atoms with Crippen molar-refractivity contribution in [3.05, 3.63) is 154 Å². The van der Waals surface area contributed by atoms with Crippen molar-refractivity contribution < 1.29 is 29.1 Å². The number of β-amino-alcohol motifs (C(OH)–C–C–N with tert-alkyl or cyclic N) is 1. The standard InChI is InChI=1S/C58H67N9O6S/c1-38-12-13-42(29-46(38)31-51-60-24-22-48(63-51)45-9-8-23-59-34-45)30-50(69)43-18-16-41(17-19-43)35-65-25-27-66(28-26-65)53(71)11-7-6-10-52(70)64-55(58(3,4)5)57(73)67-36-47(68)32-49(67)56(72)61-33-40-14-20-44(21-15-40)54-39(2)62-37-74-54/h8-9,12-24,29,34,37,47,49,55,68H,6-7,10-11,25-28,30-33,35-36H2,1-5H3,(H,61,72)(H,64,70)/t47-,49+,55-/m1/s1. The summed E-state index contributed by atoms with van der Waals surface area (Å²) in [5, 5.41) is 16.5. The molecule has 2 aliphatic heterocycles. The summed E-state index contributed by atoms with van der Waals surface area (Å²) in [6.45, 7) is 13.2. The number of piperazine rings is 1. The largest absolute Gasteiger partial charge is 0.391 e. The molecular formula is C58H67N9O6S. The van der Waals surface area contributed by atoms with Crippen LogP contribution in [0.5, 0.6) is 0 Å². The van der Waals surface area contributed by atoms with E-state index in [-0.39, 0.29) is 55.9 Å². The zero-order valence-electron chi connectivity index (χ0n) is 43.1. The highest BCUT2D eigenvalue weighted by Crippen LogP contribution is 2.29. The number of ketones is 1. The van der Waals surface area contributed by atoms with Gasteiger partial charge in [-0.25, -0.2) is 15.0 Å². The number of aromatic nitrogens is 4. The van der Waals surface area contributed by atoms with Crippen LogP contribution in [0.1, 0.15) is 103 Å². The van der Waals surface area contributed by atoms with Crippen molar-refractivity contribution >= 4 is 40.7 Å². The summed E-state index contributed by atoms with van der Waals surface area (Å²) >= 11 is 1.57. The number of aryl methyl sites for hydroxylation is 2. The second kappa shape index (κ2) is 24.3. The van der Waals surface area contributed by atoms with Crippen LogP contribution in [0.3, 0.4) is 0 Å². The normalized spacial score (nSPS) is 16.5. The first kappa shape index (κ1) is 53.3. The van der Waals surface area contributed by atoms with E-state index in [1.54, 1.807) is 29.9 Å². The number of aliphatic hydroxyl groups excluding tert-OH is 1. The Morgan fingerprint density at radius 1 is 0.824 bits per heavy atom. The molecule has 0 radical (unpaired) electrons. The fourth-order valence-corrected chi connectivity index (χ4v) is 10.4. The van der Waals surface area contributed by atoms with E-state index in [1.165, 1.54) is 4.90 Å². The average molecular weight is 1020 g/mol. The van der Waals surface area contributed by atoms with E-state index in [1.807, 2.05) is 117 Å². The zero-order chi connectivity index (χ0) is 52.4. The number of carbonyl (C=O) groups is 5. The fraction of sp³-hybridized carbons (Fsp3) is 0.397. The van der Waals surface area contributed by atoms with Gasteiger partial charge in [-0.1, -0.05) is 87.5 Å². The molecule has 2 aliphatic rings. The molecule has 15 nitrogen and oxygen atoms in total. The molecule has 0 aliphatic carbocycles. The van der Waals surface area contributed by atoms with Gasteiger partial charge in [-0.3, -0.25) is 33.9 Å². The number of hydrogen-bond acceptors (Lipinski definition) is 12. The molecule has 3 aromatic heterocycles. The monoisotopic (exact) mass is 1020 g/mol. The molecule has 3 N–H and O–H groups in total. The molecule has 0 bridgehead atoms. The van der Waals surface area contributed by atoms with E-state index in [9.17, 15) is 29.1 Å². The number of nitrogens with zero attached hydrogens (tertiary/aromatic N) is 7. The molecule has 6 aromatic rings. The number of unbranched alkanes of at least 4 members (excludes halogenated alkanes) is 1. The minimum atomic E-state index is -0.925. The predicted molar refractivity (Wildman–Crippen MR) is 286 cm³/mol. The lowest BCUT2D eigenvalue weighted by atomic mass is 9.85. The second-order valence-corrected chi connectivity index (χ2v) is 21.5. The molecular weight excluding hydrogens is 951 g/mol. The third-order valence-corrected chi connectivity index (χ3v) is 14.9. The van der Waals surface area contributed by atoms with E-state index >= 15 is 0 Å². The summed E-state index contributed by atoms with van der Waals surface area (Å²) in [7, 11) is 0. The van der Waals surface area contributed by atoms with E-state index in [2.05, 4.69) is 43.5 Å². The molecule has 5 heterocycles. The molecule has 0 unspecified atom stereocenters. The van der Waals surface area contributed by atoms with Gasteiger partial charge in [-0.05, 0) is 83.7 Å². The summed E-state index contributed by atoms with van der Waals surface area (Å²) < 4.78 is 0. The van der Waals surface area contributed by atoms with Crippen LogP contribution in [0.2, 0.25) is 0 Å². The summed E-state index contributed by atoms with van der Waals surface area (Å²) in [5.41, 5.74) is 10.7. The fourth-order valence-electron chi connectivity index (χ4n) is 9.59. The highest BCUT2D eigenvalue weighted by atomic mass is 32.1. The molecule has 74 heavy (non-hydrogen) atoms. The Balaban J connectivity index is 0.737. The third-order valence-electron chi connectivity index (χ3n) is 14.0. The first-order chi connectivity index (χ1) is 35.6. The zero-order valence-corrected chi connectivity index (χ0v) is 43.9. The highest BCUT2D eigenvalue weighted by Gasteiger charge is 2.44. The van der Waals surface area contributed by atoms with E-state index in [0.29, 0.717) is 56.7 Å². The molecule has 4 amide bonds. The van der Waals surface area contributed by atoms with Crippen LogP contribution in [0, 0.1) is 19.3 Å². The second-order valence-electron chi connectivity index (χ2n) is 20.6. The Kier molecular flexibility index (Phi) is 17.5. The Hall–Kier alpha value is -7.01. The van der Waals surface area contributed by atoms with Crippen molar-refractivity contribution in [2.45, 2.75) is 111 Å². The summed E-state index contributed by atoms with van der Waals surface area (Å²) in [4.78, 5) is 92.1. The van der Waals surface area contributed by atoms with Gasteiger partial charge in [-0.15, -0.1) is 11.3 Å². The number of hydrogen-bond donors (Lipinski definition) is 3. The van der Waals surface area contributed by atoms with Crippen molar-refractivity contribution in [3.63, 3.8) is 0 Å². The van der Waals surface area contributed by atoms with Gasteiger partial charge in [0.05, 0.1) is 27.9 Å². The number of nitrogens with one attached hydrogen (secondary N) is 2. The number of thiazole rings is 1. The van der Waals surface area contributed by atoms with Gasteiger partial charge >= 0.3 is 0 Å². The molecule has 3 aromatic carbocycles. The SMILES string of the molecule is Cc1ccc(CC(=O)c2ccc(CN3CCN(C(=O)CCCCC(=O)N[C@H](C(=O)N4C[C@H](O)C[C@H]4C(=O)NCc4ccc(-c5scnc5C)cc4)C(C)(C)C)CC3)cc2)cc1Cc1nccc(-c2cccnc2)n1. The summed E-state index contributed by atoms with van der Waals surface area (Å²) in [6.07, 6.45) is 6.84. The van der Waals surface area contributed by atoms with Crippen molar-refractivity contribution in [1.82, 2.24) is 45.3 Å². The quantitative estimate of drug-likeness (QED) is 0.0545. The van der Waals surface area contributed by atoms with E-state index < -0.39 is 29.5 Å². The highest BCUT2D eigenvalue weighted by molar-refractivity contribution is 7.13. The van der Waals surface area contributed by atoms with Gasteiger partial charge < -0.3 is 25.5 Å². The maximum atomic E-state index is 14.1. The number of likely N-dealkylation sites (tertiary alicyclic amines) is 1. The number of carbonyl (C=O) groups excluding carboxylic acids is 5. The van der Waals surface area contributed by atoms with Crippen LogP contribution >= 0.6 is 11.3 Å². The molecule has 386 valence electrons. The maximum Gasteiger partial charge on any atom is 0.246 e. The van der Waals surface area contributed by atoms with Crippen LogP contribution in [0.15, 0.2) is 109 Å². The number of rotatable bonds is 19. The Labute approximate surface area is 437 Å². The number of Topliss-reactive ketones (excluding diaryl/α,β-unsaturated/α-hetero) is 1. The van der Waals surface area contributed by atoms with Gasteiger partial charge in [0.1, 0.15) is 17.9 Å². The van der Waals surface area contributed by atoms with E-state index in [0.717, 1.165) is 68.3 Å². The van der Waals surface area contributed by atoms with Crippen LogP contribution in [-0.4, -0.2) is 120 Å². The minimum absolute atomic E-state index is 0.00526. The minimum Gasteiger partial charge on any atom is -0.391 e. The maximum absolute atomic E-state index is 14.1. The smallest absolute Gasteiger partial charge is 0.246 e. The molecule has 2 fully saturated rings. The van der Waals surface area contributed by atoms with Crippen molar-refractivity contribution in [3.8, 4) is 21.7 Å². The summed E-state index contributed by atoms with van der Waals surface area (Å²) in [5.74, 6) is -0.269. The average Bonchev–Trinajstić information content (AvgIpc) is 4.02. The Bertz CT molecular complexity index is 2910. The van der Waals surface area contributed by atoms with Gasteiger partial charge in [0.25, 0.3) is 0 Å². The lowest BCUT2D eigenvalue weighted by molar-refractivity contribution is -0.144. The van der Waals surface area contributed by atoms with Crippen LogP contribution < -0.4 is 10.6 Å². The van der Waals surface area contributed by atoms with Crippen molar-refractivity contribution in [2.75, 3.05) is 32.7 Å². The lowest BCUT2D eigenvalue weighted by Crippen LogP contribution is -2.57. The lowest BCUT2D eigenvalue weighted by Gasteiger charge is -2.35. The van der Waals surface area contributed by atoms with Gasteiger partial charge in [-0.2, -0.15) is 0 Å². The van der Waals surface area contributed by atoms with E-state index in [4.69, 9.17) is 4.98 Å². The topological polar surface area (TPSA) is 191 Å². The van der Waals surface area contributed by atoms with Crippen molar-refractivity contribution in [2.24, 2.45) is 5.41 Å². The number of amides is 4. The number of benzene rings is 3. The van der Waals surface area contributed by atoms with Crippen LogP contribution in [0.4, 0.5) is 0 Å². The Morgan fingerprint density at radius 2 is 1.55 bits per heavy atom. The molecule has 3 atom stereocenters. The molecule has 8 rings (SSSR count). The Morgan fingerprint density at radius 3 is 2.26 bits per heavy atom. The van der Waals surface area contributed by atoms with Gasteiger partial charge in [0, 0.05) is 108 Å². The molecule has 16 heteroatoms. The predicted octanol–water partition coefficient (Wildman–Crippen LogP) is 7.31. The molecule has 0 saturated carbocycles. The molecule has 2 saturated heterocycles. The van der Waals surface area contributed by atoms with Crippen LogP contribution in [0.25, 0.3) is 21.7 Å². The summed E-state index contributed by atoms with van der Waals surface area (Å²) in [6, 6.07) is 25.8. The third kappa shape index (κ3) is 14.0. The van der Waals surface area contributed by atoms with Gasteiger partial charge in [0.2, 0.25) is 23.6 Å². The number of pyridine rings is 1. The van der Waals surface area contributed by atoms with Crippen molar-refractivity contribution in [1.29, 1.82) is 0 Å².